The first-order valence-corrected chi connectivity index (χ1v) is 14.7. The zero-order chi connectivity index (χ0) is 11.6. The van der Waals surface area contributed by atoms with E-state index >= 15 is 0 Å². The van der Waals surface area contributed by atoms with Gasteiger partial charge in [-0.15, -0.1) is 0 Å². The molecule has 0 unspecified atom stereocenters. The van der Waals surface area contributed by atoms with Crippen LogP contribution in [0.2, 0.25) is 14.8 Å². The molecule has 5 heteroatoms. The van der Waals surface area contributed by atoms with Gasteiger partial charge in [-0.25, -0.2) is 0 Å². The van der Waals surface area contributed by atoms with Crippen molar-refractivity contribution in [3.05, 3.63) is 28.3 Å². The maximum atomic E-state index is 10.9. The molecule has 0 N–H and O–H groups in total. The average molecular weight is 316 g/mol. The Hall–Kier alpha value is -0.781. The normalized spacial score (nSPS) is 11.2. The van der Waals surface area contributed by atoms with E-state index in [1.807, 2.05) is 6.07 Å². The van der Waals surface area contributed by atoms with E-state index < -0.39 is 18.4 Å². The van der Waals surface area contributed by atoms with Crippen molar-refractivity contribution in [1.29, 1.82) is 0 Å². The maximum absolute atomic E-state index is 10.9. The second-order valence-electron chi connectivity index (χ2n) is 4.39. The summed E-state index contributed by atoms with van der Waals surface area (Å²) >= 11 is -2.41. The van der Waals surface area contributed by atoms with Gasteiger partial charge < -0.3 is 0 Å². The van der Waals surface area contributed by atoms with Crippen LogP contribution in [0.3, 0.4) is 0 Å². The van der Waals surface area contributed by atoms with Crippen LogP contribution in [0.5, 0.6) is 5.75 Å². The molecule has 0 saturated heterocycles. The summed E-state index contributed by atoms with van der Waals surface area (Å²) in [7, 11) is 1.51. The van der Waals surface area contributed by atoms with Crippen LogP contribution in [-0.4, -0.2) is 30.4 Å². The number of nitro groups is 1. The molecule has 1 rings (SSSR count). The Bertz CT molecular complexity index is 385. The third-order valence-corrected chi connectivity index (χ3v) is 8.03. The van der Waals surface area contributed by atoms with Gasteiger partial charge in [-0.3, -0.25) is 0 Å². The number of rotatable bonds is 3. The van der Waals surface area contributed by atoms with Crippen LogP contribution >= 0.6 is 0 Å². The molecule has 0 aliphatic heterocycles. The van der Waals surface area contributed by atoms with Crippen LogP contribution in [-0.2, 0) is 0 Å². The Morgan fingerprint density at radius 3 is 2.33 bits per heavy atom. The fraction of sp³-hybridized carbons (Fsp3) is 0.400. The van der Waals surface area contributed by atoms with Gasteiger partial charge in [0.1, 0.15) is 0 Å². The van der Waals surface area contributed by atoms with E-state index in [0.29, 0.717) is 5.75 Å². The summed E-state index contributed by atoms with van der Waals surface area (Å²) in [4.78, 5) is 17.1. The van der Waals surface area contributed by atoms with E-state index in [0.717, 1.165) is 3.58 Å². The SMILES string of the molecule is COc1cc[c]([Sn]([CH3])([CH3])[CH3])c([N+](=O)[O-])c1. The first-order chi connectivity index (χ1) is 6.86. The summed E-state index contributed by atoms with van der Waals surface area (Å²) < 4.78 is 5.92. The number of hydrogen-bond acceptors (Lipinski definition) is 3. The summed E-state index contributed by atoms with van der Waals surface area (Å²) in [5.41, 5.74) is 0.206. The van der Waals surface area contributed by atoms with Crippen LogP contribution in [0.25, 0.3) is 0 Å². The van der Waals surface area contributed by atoms with E-state index in [4.69, 9.17) is 4.74 Å². The van der Waals surface area contributed by atoms with E-state index in [-0.39, 0.29) is 10.6 Å². The van der Waals surface area contributed by atoms with Crippen LogP contribution in [0.4, 0.5) is 5.69 Å². The van der Waals surface area contributed by atoms with Gasteiger partial charge in [0, 0.05) is 0 Å². The fourth-order valence-corrected chi connectivity index (χ4v) is 5.75. The van der Waals surface area contributed by atoms with E-state index in [2.05, 4.69) is 14.8 Å². The van der Waals surface area contributed by atoms with Crippen molar-refractivity contribution in [2.24, 2.45) is 0 Å². The van der Waals surface area contributed by atoms with Gasteiger partial charge in [-0.05, 0) is 0 Å². The molecule has 0 bridgehead atoms. The van der Waals surface area contributed by atoms with Gasteiger partial charge in [-0.1, -0.05) is 0 Å². The Morgan fingerprint density at radius 2 is 1.93 bits per heavy atom. The van der Waals surface area contributed by atoms with Crippen LogP contribution in [0, 0.1) is 10.1 Å². The van der Waals surface area contributed by atoms with Crippen LogP contribution < -0.4 is 8.32 Å². The van der Waals surface area contributed by atoms with Crippen molar-refractivity contribution in [2.45, 2.75) is 14.8 Å². The molecule has 1 aromatic rings. The number of nitrogens with zero attached hydrogens (tertiary/aromatic N) is 1. The molecule has 4 nitrogen and oxygen atoms in total. The Kier molecular flexibility index (Phi) is 3.59. The van der Waals surface area contributed by atoms with Crippen LogP contribution in [0.15, 0.2) is 18.2 Å². The van der Waals surface area contributed by atoms with Gasteiger partial charge in [0.2, 0.25) is 0 Å². The molecule has 1 aromatic carbocycles. The van der Waals surface area contributed by atoms with E-state index in [9.17, 15) is 10.1 Å². The van der Waals surface area contributed by atoms with Gasteiger partial charge in [0.15, 0.2) is 0 Å². The summed E-state index contributed by atoms with van der Waals surface area (Å²) in [6.45, 7) is 0. The molecule has 0 heterocycles. The van der Waals surface area contributed by atoms with Crippen molar-refractivity contribution in [1.82, 2.24) is 0 Å². The molecule has 0 aliphatic rings. The molecule has 0 fully saturated rings. The van der Waals surface area contributed by atoms with Gasteiger partial charge in [-0.2, -0.15) is 0 Å². The number of nitro benzene ring substituents is 1. The molecular weight excluding hydrogens is 301 g/mol. The van der Waals surface area contributed by atoms with Crippen molar-refractivity contribution < 1.29 is 9.66 Å². The zero-order valence-electron chi connectivity index (χ0n) is 9.40. The van der Waals surface area contributed by atoms with Gasteiger partial charge in [0.05, 0.1) is 0 Å². The summed E-state index contributed by atoms with van der Waals surface area (Å²) in [6.07, 6.45) is 0. The average Bonchev–Trinajstić information content (AvgIpc) is 2.15. The second-order valence-corrected chi connectivity index (χ2v) is 18.8. The first-order valence-electron chi connectivity index (χ1n) is 4.69. The topological polar surface area (TPSA) is 52.4 Å². The number of hydrogen-bond donors (Lipinski definition) is 0. The van der Waals surface area contributed by atoms with Gasteiger partial charge >= 0.3 is 93.3 Å². The molecule has 0 amide bonds. The predicted molar refractivity (Wildman–Crippen MR) is 62.6 cm³/mol. The van der Waals surface area contributed by atoms with Crippen LogP contribution in [0.1, 0.15) is 0 Å². The first kappa shape index (κ1) is 12.3. The zero-order valence-corrected chi connectivity index (χ0v) is 12.3. The minimum absolute atomic E-state index is 0.206. The fourth-order valence-electron chi connectivity index (χ4n) is 1.42. The summed E-state index contributed by atoms with van der Waals surface area (Å²) in [5, 5.41) is 10.9. The number of methoxy groups -OCH3 is 1. The number of ether oxygens (including phenoxy) is 1. The second kappa shape index (κ2) is 4.38. The third-order valence-electron chi connectivity index (χ3n) is 2.21. The molecule has 15 heavy (non-hydrogen) atoms. The number of benzene rings is 1. The van der Waals surface area contributed by atoms with Crippen molar-refractivity contribution >= 4 is 27.6 Å². The molecule has 0 atom stereocenters. The summed E-state index contributed by atoms with van der Waals surface area (Å²) in [6, 6.07) is 5.15. The van der Waals surface area contributed by atoms with Gasteiger partial charge in [0.25, 0.3) is 0 Å². The molecule has 0 radical (unpaired) electrons. The minimum atomic E-state index is -2.41. The monoisotopic (exact) mass is 317 g/mol. The standard InChI is InChI=1S/C7H6NO3.3CH3.Sn/c1-11-7-4-2-3-6(5-7)8(9)10;;;;/h2,4-5H,1H3;3*1H3;. The Balaban J connectivity index is 3.34. The quantitative estimate of drug-likeness (QED) is 0.488. The Labute approximate surface area is 93.3 Å². The summed E-state index contributed by atoms with van der Waals surface area (Å²) in [5.74, 6) is 0.543. The van der Waals surface area contributed by atoms with Crippen molar-refractivity contribution in [2.75, 3.05) is 7.11 Å². The van der Waals surface area contributed by atoms with Crippen molar-refractivity contribution in [3.8, 4) is 5.75 Å². The molecule has 0 aliphatic carbocycles. The van der Waals surface area contributed by atoms with E-state index in [1.54, 1.807) is 6.07 Å². The molecule has 0 spiro atoms. The molecule has 82 valence electrons. The molecule has 0 saturated carbocycles. The third kappa shape index (κ3) is 2.84. The molecule has 0 aromatic heterocycles. The molecular formula is C10H15NO3Sn. The predicted octanol–water partition coefficient (Wildman–Crippen LogP) is 2.15. The Morgan fingerprint density at radius 1 is 1.33 bits per heavy atom. The van der Waals surface area contributed by atoms with E-state index in [1.165, 1.54) is 13.2 Å². The van der Waals surface area contributed by atoms with Crippen molar-refractivity contribution in [3.63, 3.8) is 0 Å².